The van der Waals surface area contributed by atoms with Crippen LogP contribution in [-0.4, -0.2) is 36.3 Å². The molecule has 1 unspecified atom stereocenters. The lowest BCUT2D eigenvalue weighted by Gasteiger charge is -2.16. The molecule has 0 bridgehead atoms. The van der Waals surface area contributed by atoms with Crippen LogP contribution in [0.2, 0.25) is 0 Å². The van der Waals surface area contributed by atoms with Crippen LogP contribution in [0.3, 0.4) is 0 Å². The van der Waals surface area contributed by atoms with E-state index >= 15 is 0 Å². The van der Waals surface area contributed by atoms with Gasteiger partial charge in [0.1, 0.15) is 0 Å². The predicted octanol–water partition coefficient (Wildman–Crippen LogP) is 2.83. The number of nitrogens with zero attached hydrogens (tertiary/aromatic N) is 1. The summed E-state index contributed by atoms with van der Waals surface area (Å²) >= 11 is 0. The van der Waals surface area contributed by atoms with E-state index in [0.717, 1.165) is 19.3 Å². The van der Waals surface area contributed by atoms with Gasteiger partial charge in [0.25, 0.3) is 0 Å². The topological polar surface area (TPSA) is 49.4 Å². The van der Waals surface area contributed by atoms with Crippen LogP contribution in [0.5, 0.6) is 0 Å². The molecule has 1 atom stereocenters. The summed E-state index contributed by atoms with van der Waals surface area (Å²) < 4.78 is 0. The van der Waals surface area contributed by atoms with Gasteiger partial charge in [-0.25, -0.2) is 0 Å². The maximum absolute atomic E-state index is 12.3. The van der Waals surface area contributed by atoms with E-state index in [-0.39, 0.29) is 17.7 Å². The Labute approximate surface area is 155 Å². The summed E-state index contributed by atoms with van der Waals surface area (Å²) in [4.78, 5) is 26.3. The van der Waals surface area contributed by atoms with Gasteiger partial charge in [0.05, 0.1) is 5.92 Å². The molecule has 4 heteroatoms. The highest BCUT2D eigenvalue weighted by Crippen LogP contribution is 2.18. The maximum Gasteiger partial charge on any atom is 0.225 e. The smallest absolute Gasteiger partial charge is 0.225 e. The minimum atomic E-state index is -0.213. The minimum Gasteiger partial charge on any atom is -0.356 e. The Morgan fingerprint density at radius 1 is 0.962 bits per heavy atom. The predicted molar refractivity (Wildman–Crippen MR) is 103 cm³/mol. The molecule has 26 heavy (non-hydrogen) atoms. The zero-order valence-electron chi connectivity index (χ0n) is 15.1. The first-order valence-electron chi connectivity index (χ1n) is 9.36. The molecule has 0 saturated carbocycles. The number of nitrogens with one attached hydrogen (secondary N) is 1. The molecule has 1 heterocycles. The molecule has 0 aliphatic carbocycles. The molecule has 0 aromatic heterocycles. The van der Waals surface area contributed by atoms with Crippen molar-refractivity contribution < 1.29 is 9.59 Å². The summed E-state index contributed by atoms with van der Waals surface area (Å²) in [6.07, 6.45) is 3.03. The molecule has 1 aliphatic rings. The molecule has 0 spiro atoms. The molecule has 1 N–H and O–H groups in total. The fourth-order valence-corrected chi connectivity index (χ4v) is 3.37. The summed E-state index contributed by atoms with van der Waals surface area (Å²) in [5, 5.41) is 2.99. The third-order valence-corrected chi connectivity index (χ3v) is 4.88. The van der Waals surface area contributed by atoms with E-state index in [1.54, 1.807) is 0 Å². The summed E-state index contributed by atoms with van der Waals surface area (Å²) in [6.45, 7) is 1.87. The van der Waals surface area contributed by atoms with Crippen molar-refractivity contribution in [2.24, 2.45) is 5.92 Å². The number of hydrogen-bond donors (Lipinski definition) is 1. The van der Waals surface area contributed by atoms with Gasteiger partial charge in [-0.3, -0.25) is 9.59 Å². The van der Waals surface area contributed by atoms with Crippen molar-refractivity contribution in [3.05, 3.63) is 71.8 Å². The number of rotatable bonds is 8. The average Bonchev–Trinajstić information content (AvgIpc) is 3.06. The summed E-state index contributed by atoms with van der Waals surface area (Å²) in [5.74, 6) is -0.117. The molecule has 3 rings (SSSR count). The van der Waals surface area contributed by atoms with Crippen LogP contribution in [0.25, 0.3) is 0 Å². The normalized spacial score (nSPS) is 16.7. The molecule has 1 aliphatic heterocycles. The second-order valence-corrected chi connectivity index (χ2v) is 6.86. The van der Waals surface area contributed by atoms with Gasteiger partial charge in [-0.1, -0.05) is 60.7 Å². The van der Waals surface area contributed by atoms with Crippen LogP contribution in [0, 0.1) is 5.92 Å². The zero-order valence-corrected chi connectivity index (χ0v) is 15.1. The van der Waals surface area contributed by atoms with Crippen LogP contribution in [0.4, 0.5) is 0 Å². The lowest BCUT2D eigenvalue weighted by Crippen LogP contribution is -2.34. The molecule has 2 amide bonds. The van der Waals surface area contributed by atoms with Gasteiger partial charge in [0.15, 0.2) is 0 Å². The van der Waals surface area contributed by atoms with Crippen LogP contribution in [0.15, 0.2) is 60.7 Å². The Bertz CT molecular complexity index is 715. The molecule has 4 nitrogen and oxygen atoms in total. The van der Waals surface area contributed by atoms with E-state index in [0.29, 0.717) is 26.1 Å². The fraction of sp³-hybridized carbons (Fsp3) is 0.364. The van der Waals surface area contributed by atoms with Gasteiger partial charge < -0.3 is 10.2 Å². The van der Waals surface area contributed by atoms with Gasteiger partial charge in [-0.2, -0.15) is 0 Å². The Morgan fingerprint density at radius 3 is 2.23 bits per heavy atom. The third-order valence-electron chi connectivity index (χ3n) is 4.88. The van der Waals surface area contributed by atoms with E-state index in [1.807, 2.05) is 41.3 Å². The quantitative estimate of drug-likeness (QED) is 0.744. The fourth-order valence-electron chi connectivity index (χ4n) is 3.37. The Balaban J connectivity index is 1.38. The van der Waals surface area contributed by atoms with Crippen molar-refractivity contribution in [1.29, 1.82) is 0 Å². The van der Waals surface area contributed by atoms with Gasteiger partial charge >= 0.3 is 0 Å². The lowest BCUT2D eigenvalue weighted by atomic mass is 10.1. The summed E-state index contributed by atoms with van der Waals surface area (Å²) in [7, 11) is 0. The number of amides is 2. The van der Waals surface area contributed by atoms with E-state index in [1.165, 1.54) is 11.1 Å². The van der Waals surface area contributed by atoms with Crippen molar-refractivity contribution in [3.8, 4) is 0 Å². The van der Waals surface area contributed by atoms with E-state index in [2.05, 4.69) is 29.6 Å². The molecular formula is C22H26N2O2. The van der Waals surface area contributed by atoms with Crippen LogP contribution >= 0.6 is 0 Å². The highest BCUT2D eigenvalue weighted by Gasteiger charge is 2.33. The van der Waals surface area contributed by atoms with Crippen molar-refractivity contribution in [2.75, 3.05) is 19.6 Å². The monoisotopic (exact) mass is 350 g/mol. The Kier molecular flexibility index (Phi) is 6.42. The Morgan fingerprint density at radius 2 is 1.58 bits per heavy atom. The van der Waals surface area contributed by atoms with Crippen molar-refractivity contribution in [1.82, 2.24) is 10.2 Å². The summed E-state index contributed by atoms with van der Waals surface area (Å²) in [5.41, 5.74) is 2.50. The molecule has 1 saturated heterocycles. The average molecular weight is 350 g/mol. The number of hydrogen-bond acceptors (Lipinski definition) is 2. The van der Waals surface area contributed by atoms with E-state index in [4.69, 9.17) is 0 Å². The van der Waals surface area contributed by atoms with Crippen LogP contribution < -0.4 is 5.32 Å². The number of carbonyl (C=O) groups excluding carboxylic acids is 2. The molecule has 136 valence electrons. The number of aryl methyl sites for hydroxylation is 1. The second kappa shape index (κ2) is 9.18. The zero-order chi connectivity index (χ0) is 18.2. The van der Waals surface area contributed by atoms with E-state index in [9.17, 15) is 9.59 Å². The third kappa shape index (κ3) is 5.19. The first-order valence-corrected chi connectivity index (χ1v) is 9.36. The summed E-state index contributed by atoms with van der Waals surface area (Å²) in [6, 6.07) is 20.4. The lowest BCUT2D eigenvalue weighted by molar-refractivity contribution is -0.129. The first-order chi connectivity index (χ1) is 12.7. The standard InChI is InChI=1S/C22H26N2O2/c25-21-16-20(17-24(21)15-13-19-10-5-2-6-11-19)22(26)23-14-7-12-18-8-3-1-4-9-18/h1-6,8-11,20H,7,12-17H2,(H,23,26). The van der Waals surface area contributed by atoms with Crippen LogP contribution in [0.1, 0.15) is 24.0 Å². The van der Waals surface area contributed by atoms with Crippen molar-refractivity contribution >= 4 is 11.8 Å². The number of benzene rings is 2. The first kappa shape index (κ1) is 18.2. The van der Waals surface area contributed by atoms with Crippen LogP contribution in [-0.2, 0) is 22.4 Å². The second-order valence-electron chi connectivity index (χ2n) is 6.86. The van der Waals surface area contributed by atoms with Gasteiger partial charge in [-0.15, -0.1) is 0 Å². The maximum atomic E-state index is 12.3. The number of likely N-dealkylation sites (tertiary alicyclic amines) is 1. The number of carbonyl (C=O) groups is 2. The molecular weight excluding hydrogens is 324 g/mol. The van der Waals surface area contributed by atoms with Crippen molar-refractivity contribution in [2.45, 2.75) is 25.7 Å². The SMILES string of the molecule is O=C(NCCCc1ccccc1)C1CC(=O)N(CCc2ccccc2)C1. The van der Waals surface area contributed by atoms with Gasteiger partial charge in [0.2, 0.25) is 11.8 Å². The Hall–Kier alpha value is -2.62. The van der Waals surface area contributed by atoms with Gasteiger partial charge in [0, 0.05) is 26.1 Å². The molecule has 2 aromatic rings. The molecule has 2 aromatic carbocycles. The van der Waals surface area contributed by atoms with Crippen molar-refractivity contribution in [3.63, 3.8) is 0 Å². The minimum absolute atomic E-state index is 0.00798. The highest BCUT2D eigenvalue weighted by atomic mass is 16.2. The van der Waals surface area contributed by atoms with E-state index < -0.39 is 0 Å². The largest absolute Gasteiger partial charge is 0.356 e. The molecule has 1 fully saturated rings. The van der Waals surface area contributed by atoms with Gasteiger partial charge in [-0.05, 0) is 30.4 Å². The highest BCUT2D eigenvalue weighted by molar-refractivity contribution is 5.89. The molecule has 0 radical (unpaired) electrons.